The van der Waals surface area contributed by atoms with E-state index in [0.29, 0.717) is 0 Å². The average molecular weight is 495 g/mol. The molecular weight excluding hydrogens is 467 g/mol. The number of halogens is 2. The fraction of sp³-hybridized carbons (Fsp3) is 0.600. The number of carbonyl (C=O) groups is 2. The van der Waals surface area contributed by atoms with Crippen LogP contribution >= 0.6 is 23.2 Å². The highest BCUT2D eigenvalue weighted by Crippen LogP contribution is 2.31. The first-order chi connectivity index (χ1) is 14.4. The van der Waals surface area contributed by atoms with Crippen LogP contribution in [-0.2, 0) is 24.3 Å². The molecular formula is C20H28Cl2N2O6S. The molecule has 0 aliphatic carbocycles. The molecule has 1 aliphatic heterocycles. The van der Waals surface area contributed by atoms with Crippen LogP contribution in [0.2, 0.25) is 10.0 Å². The van der Waals surface area contributed by atoms with E-state index in [1.165, 1.54) is 17.3 Å². The SMILES string of the molecule is CC(OC(=O)c1cc(S(=O)(=O)N2CCOCC2)c(Cl)cc1Cl)C(=O)N(C(C)C)C(C)C. The summed E-state index contributed by atoms with van der Waals surface area (Å²) in [6, 6.07) is 2.11. The predicted molar refractivity (Wildman–Crippen MR) is 118 cm³/mol. The summed E-state index contributed by atoms with van der Waals surface area (Å²) >= 11 is 12.3. The second-order valence-corrected chi connectivity index (χ2v) is 10.5. The molecule has 1 atom stereocenters. The fourth-order valence-corrected chi connectivity index (χ4v) is 5.63. The van der Waals surface area contributed by atoms with Gasteiger partial charge in [0.1, 0.15) is 4.90 Å². The van der Waals surface area contributed by atoms with Gasteiger partial charge in [-0.05, 0) is 46.8 Å². The molecule has 1 aromatic rings. The molecule has 1 saturated heterocycles. The maximum atomic E-state index is 13.0. The summed E-state index contributed by atoms with van der Waals surface area (Å²) < 4.78 is 37.7. The molecule has 1 fully saturated rings. The molecule has 0 N–H and O–H groups in total. The Morgan fingerprint density at radius 1 is 1.03 bits per heavy atom. The number of morpholine rings is 1. The third-order valence-electron chi connectivity index (χ3n) is 4.83. The van der Waals surface area contributed by atoms with Gasteiger partial charge in [0, 0.05) is 25.2 Å². The van der Waals surface area contributed by atoms with Crippen LogP contribution in [0.3, 0.4) is 0 Å². The minimum absolute atomic E-state index is 0.0693. The molecule has 174 valence electrons. The zero-order valence-electron chi connectivity index (χ0n) is 18.2. The lowest BCUT2D eigenvalue weighted by atomic mass is 10.2. The molecule has 1 amide bonds. The highest BCUT2D eigenvalue weighted by molar-refractivity contribution is 7.89. The van der Waals surface area contributed by atoms with Crippen LogP contribution < -0.4 is 0 Å². The number of rotatable bonds is 7. The standard InChI is InChI=1S/C20H28Cl2N2O6S/c1-12(2)24(13(3)4)19(25)14(5)30-20(26)15-10-18(17(22)11-16(15)21)31(27,28)23-6-8-29-9-7-23/h10-14H,6-9H2,1-5H3. The molecule has 0 bridgehead atoms. The third-order valence-corrected chi connectivity index (χ3v) is 7.50. The van der Waals surface area contributed by atoms with Crippen molar-refractivity contribution in [3.8, 4) is 0 Å². The summed E-state index contributed by atoms with van der Waals surface area (Å²) in [6.07, 6.45) is -1.08. The topological polar surface area (TPSA) is 93.2 Å². The van der Waals surface area contributed by atoms with Crippen LogP contribution in [-0.4, -0.2) is 74.0 Å². The van der Waals surface area contributed by atoms with Gasteiger partial charge in [-0.15, -0.1) is 0 Å². The van der Waals surface area contributed by atoms with E-state index in [2.05, 4.69) is 0 Å². The highest BCUT2D eigenvalue weighted by Gasteiger charge is 2.32. The predicted octanol–water partition coefficient (Wildman–Crippen LogP) is 3.21. The van der Waals surface area contributed by atoms with Gasteiger partial charge in [0.2, 0.25) is 10.0 Å². The average Bonchev–Trinajstić information content (AvgIpc) is 2.67. The number of benzene rings is 1. The molecule has 1 aromatic carbocycles. The molecule has 1 aliphatic rings. The Bertz CT molecular complexity index is 922. The van der Waals surface area contributed by atoms with E-state index < -0.39 is 22.1 Å². The molecule has 31 heavy (non-hydrogen) atoms. The second-order valence-electron chi connectivity index (χ2n) is 7.76. The minimum Gasteiger partial charge on any atom is -0.449 e. The van der Waals surface area contributed by atoms with E-state index in [0.717, 1.165) is 6.07 Å². The lowest BCUT2D eigenvalue weighted by Crippen LogP contribution is -2.47. The summed E-state index contributed by atoms with van der Waals surface area (Å²) in [7, 11) is -3.97. The normalized spacial score (nSPS) is 16.4. The van der Waals surface area contributed by atoms with Gasteiger partial charge in [-0.25, -0.2) is 13.2 Å². The van der Waals surface area contributed by atoms with Crippen molar-refractivity contribution in [2.75, 3.05) is 26.3 Å². The maximum absolute atomic E-state index is 13.0. The summed E-state index contributed by atoms with van der Waals surface area (Å²) in [5.41, 5.74) is -0.182. The Kier molecular flexibility index (Phi) is 8.75. The number of nitrogens with zero attached hydrogens (tertiary/aromatic N) is 2. The first-order valence-corrected chi connectivity index (χ1v) is 12.2. The number of esters is 1. The van der Waals surface area contributed by atoms with Crippen LogP contribution in [0.15, 0.2) is 17.0 Å². The lowest BCUT2D eigenvalue weighted by Gasteiger charge is -2.32. The summed E-state index contributed by atoms with van der Waals surface area (Å²) in [6.45, 7) is 9.81. The van der Waals surface area contributed by atoms with E-state index in [-0.39, 0.29) is 64.8 Å². The van der Waals surface area contributed by atoms with E-state index in [1.807, 2.05) is 27.7 Å². The van der Waals surface area contributed by atoms with Gasteiger partial charge < -0.3 is 14.4 Å². The van der Waals surface area contributed by atoms with Gasteiger partial charge in [-0.1, -0.05) is 23.2 Å². The fourth-order valence-electron chi connectivity index (χ4n) is 3.40. The smallest absolute Gasteiger partial charge is 0.340 e. The summed E-state index contributed by atoms with van der Waals surface area (Å²) in [4.78, 5) is 26.9. The number of hydrogen-bond acceptors (Lipinski definition) is 6. The van der Waals surface area contributed by atoms with Crippen molar-refractivity contribution in [2.45, 2.75) is 57.7 Å². The largest absolute Gasteiger partial charge is 0.449 e. The van der Waals surface area contributed by atoms with E-state index in [4.69, 9.17) is 32.7 Å². The molecule has 1 heterocycles. The Morgan fingerprint density at radius 3 is 2.10 bits per heavy atom. The van der Waals surface area contributed by atoms with Crippen molar-refractivity contribution in [3.05, 3.63) is 27.7 Å². The first kappa shape index (κ1) is 25.9. The summed E-state index contributed by atoms with van der Waals surface area (Å²) in [5.74, 6) is -1.27. The zero-order valence-corrected chi connectivity index (χ0v) is 20.6. The third kappa shape index (κ3) is 5.90. The lowest BCUT2D eigenvalue weighted by molar-refractivity contribution is -0.143. The van der Waals surface area contributed by atoms with Gasteiger partial charge in [0.15, 0.2) is 6.10 Å². The Labute approximate surface area is 193 Å². The Hall–Kier alpha value is -1.39. The molecule has 0 saturated carbocycles. The van der Waals surface area contributed by atoms with Crippen molar-refractivity contribution >= 4 is 45.1 Å². The molecule has 1 unspecified atom stereocenters. The molecule has 0 aromatic heterocycles. The molecule has 0 spiro atoms. The molecule has 0 radical (unpaired) electrons. The van der Waals surface area contributed by atoms with E-state index in [9.17, 15) is 18.0 Å². The minimum atomic E-state index is -3.97. The second kappa shape index (κ2) is 10.5. The molecule has 11 heteroatoms. The van der Waals surface area contributed by atoms with E-state index >= 15 is 0 Å². The number of sulfonamides is 1. The van der Waals surface area contributed by atoms with Gasteiger partial charge in [0.05, 0.1) is 28.8 Å². The Morgan fingerprint density at radius 2 is 1.58 bits per heavy atom. The van der Waals surface area contributed by atoms with Crippen LogP contribution in [0.1, 0.15) is 45.0 Å². The van der Waals surface area contributed by atoms with Gasteiger partial charge >= 0.3 is 5.97 Å². The number of ether oxygens (including phenoxy) is 2. The van der Waals surface area contributed by atoms with Crippen LogP contribution in [0.4, 0.5) is 0 Å². The highest BCUT2D eigenvalue weighted by atomic mass is 35.5. The maximum Gasteiger partial charge on any atom is 0.340 e. The zero-order chi connectivity index (χ0) is 23.5. The van der Waals surface area contributed by atoms with E-state index in [1.54, 1.807) is 4.90 Å². The van der Waals surface area contributed by atoms with Gasteiger partial charge in [0.25, 0.3) is 5.91 Å². The van der Waals surface area contributed by atoms with Crippen LogP contribution in [0.5, 0.6) is 0 Å². The number of hydrogen-bond donors (Lipinski definition) is 0. The number of amides is 1. The Balaban J connectivity index is 2.31. The van der Waals surface area contributed by atoms with Crippen molar-refractivity contribution in [3.63, 3.8) is 0 Å². The van der Waals surface area contributed by atoms with Crippen LogP contribution in [0, 0.1) is 0 Å². The van der Waals surface area contributed by atoms with Crippen molar-refractivity contribution in [1.29, 1.82) is 0 Å². The van der Waals surface area contributed by atoms with Crippen molar-refractivity contribution in [2.24, 2.45) is 0 Å². The number of carbonyl (C=O) groups excluding carboxylic acids is 2. The van der Waals surface area contributed by atoms with Gasteiger partial charge in [-0.3, -0.25) is 4.79 Å². The summed E-state index contributed by atoms with van der Waals surface area (Å²) in [5, 5.41) is -0.178. The van der Waals surface area contributed by atoms with Gasteiger partial charge in [-0.2, -0.15) is 4.31 Å². The van der Waals surface area contributed by atoms with Crippen molar-refractivity contribution < 1.29 is 27.5 Å². The molecule has 2 rings (SSSR count). The van der Waals surface area contributed by atoms with Crippen LogP contribution in [0.25, 0.3) is 0 Å². The quantitative estimate of drug-likeness (QED) is 0.540. The van der Waals surface area contributed by atoms with Crippen molar-refractivity contribution in [1.82, 2.24) is 9.21 Å². The first-order valence-electron chi connectivity index (χ1n) is 9.98. The molecule has 8 nitrogen and oxygen atoms in total. The monoisotopic (exact) mass is 494 g/mol.